The first-order valence-electron chi connectivity index (χ1n) is 6.10. The fourth-order valence-electron chi connectivity index (χ4n) is 2.32. The Balaban J connectivity index is 2.19. The number of aliphatic hydroxyl groups is 1. The van der Waals surface area contributed by atoms with Crippen LogP contribution >= 0.6 is 11.6 Å². The molecular weight excluding hydrogens is 288 g/mol. The van der Waals surface area contributed by atoms with Gasteiger partial charge in [-0.15, -0.1) is 0 Å². The number of nitrogen functional groups attached to an aromatic ring is 1. The van der Waals surface area contributed by atoms with Crippen LogP contribution in [0.2, 0.25) is 5.02 Å². The van der Waals surface area contributed by atoms with Gasteiger partial charge in [-0.25, -0.2) is 13.1 Å². The predicted molar refractivity (Wildman–Crippen MR) is 74.5 cm³/mol. The lowest BCUT2D eigenvalue weighted by Gasteiger charge is -2.22. The number of anilines is 1. The highest BCUT2D eigenvalue weighted by Gasteiger charge is 2.33. The van der Waals surface area contributed by atoms with Crippen LogP contribution in [0.1, 0.15) is 25.7 Å². The number of halogens is 1. The molecule has 7 heteroatoms. The second-order valence-corrected chi connectivity index (χ2v) is 7.03. The van der Waals surface area contributed by atoms with Gasteiger partial charge in [0.15, 0.2) is 0 Å². The smallest absolute Gasteiger partial charge is 0.244 e. The molecule has 1 fully saturated rings. The van der Waals surface area contributed by atoms with Gasteiger partial charge in [0.1, 0.15) is 4.90 Å². The van der Waals surface area contributed by atoms with Gasteiger partial charge in [0.25, 0.3) is 0 Å². The topological polar surface area (TPSA) is 92.4 Å². The molecule has 1 aromatic rings. The highest BCUT2D eigenvalue weighted by molar-refractivity contribution is 7.89. The Morgan fingerprint density at radius 3 is 2.58 bits per heavy atom. The molecule has 1 aromatic carbocycles. The molecule has 0 spiro atoms. The molecule has 0 atom stereocenters. The summed E-state index contributed by atoms with van der Waals surface area (Å²) in [6.07, 6.45) is 3.03. The Morgan fingerprint density at radius 2 is 2.00 bits per heavy atom. The first-order valence-corrected chi connectivity index (χ1v) is 7.96. The number of nitrogens with one attached hydrogen (secondary N) is 1. The molecule has 0 heterocycles. The first kappa shape index (κ1) is 14.6. The molecular formula is C12H17ClN2O3S. The van der Waals surface area contributed by atoms with Crippen LogP contribution in [0.25, 0.3) is 0 Å². The quantitative estimate of drug-likeness (QED) is 0.735. The Labute approximate surface area is 117 Å². The molecule has 2 rings (SSSR count). The monoisotopic (exact) mass is 304 g/mol. The Kier molecular flexibility index (Phi) is 4.06. The molecule has 0 saturated heterocycles. The van der Waals surface area contributed by atoms with E-state index < -0.39 is 15.6 Å². The van der Waals surface area contributed by atoms with Crippen LogP contribution in [0.3, 0.4) is 0 Å². The summed E-state index contributed by atoms with van der Waals surface area (Å²) in [7, 11) is -3.81. The van der Waals surface area contributed by atoms with E-state index >= 15 is 0 Å². The normalized spacial score (nSPS) is 18.6. The lowest BCUT2D eigenvalue weighted by atomic mass is 10.0. The third kappa shape index (κ3) is 3.20. The maximum Gasteiger partial charge on any atom is 0.244 e. The highest BCUT2D eigenvalue weighted by Crippen LogP contribution is 2.30. The van der Waals surface area contributed by atoms with Crippen molar-refractivity contribution in [1.29, 1.82) is 0 Å². The Morgan fingerprint density at radius 1 is 1.37 bits per heavy atom. The van der Waals surface area contributed by atoms with Crippen molar-refractivity contribution in [2.45, 2.75) is 36.2 Å². The highest BCUT2D eigenvalue weighted by atomic mass is 35.5. The summed E-state index contributed by atoms with van der Waals surface area (Å²) in [6.45, 7) is -0.0139. The van der Waals surface area contributed by atoms with Crippen molar-refractivity contribution in [2.24, 2.45) is 0 Å². The lowest BCUT2D eigenvalue weighted by molar-refractivity contribution is 0.0532. The van der Waals surface area contributed by atoms with Crippen molar-refractivity contribution in [1.82, 2.24) is 4.72 Å². The second-order valence-electron chi connectivity index (χ2n) is 4.91. The fourth-order valence-corrected chi connectivity index (χ4v) is 4.11. The molecule has 5 nitrogen and oxygen atoms in total. The van der Waals surface area contributed by atoms with Crippen LogP contribution in [0.5, 0.6) is 0 Å². The van der Waals surface area contributed by atoms with Crippen LogP contribution in [0, 0.1) is 0 Å². The predicted octanol–water partition coefficient (Wildman–Crippen LogP) is 1.51. The number of hydrogen-bond donors (Lipinski definition) is 3. The number of rotatable bonds is 4. The SMILES string of the molecule is Nc1cccc(Cl)c1S(=O)(=O)NCC1(O)CCCC1. The van der Waals surface area contributed by atoms with E-state index in [2.05, 4.69) is 4.72 Å². The zero-order valence-electron chi connectivity index (χ0n) is 10.4. The molecule has 106 valence electrons. The summed E-state index contributed by atoms with van der Waals surface area (Å²) in [5.74, 6) is 0. The van der Waals surface area contributed by atoms with Crippen molar-refractivity contribution < 1.29 is 13.5 Å². The average molecular weight is 305 g/mol. The summed E-state index contributed by atoms with van der Waals surface area (Å²) in [5, 5.41) is 10.2. The van der Waals surface area contributed by atoms with Gasteiger partial charge in [0.05, 0.1) is 16.3 Å². The minimum absolute atomic E-state index is 0.0139. The zero-order chi connectivity index (χ0) is 14.1. The molecule has 19 heavy (non-hydrogen) atoms. The Bertz CT molecular complexity index is 548. The number of hydrogen-bond acceptors (Lipinski definition) is 4. The van der Waals surface area contributed by atoms with Gasteiger partial charge in [0.2, 0.25) is 10.0 Å². The average Bonchev–Trinajstić information content (AvgIpc) is 2.74. The van der Waals surface area contributed by atoms with E-state index in [9.17, 15) is 13.5 Å². The van der Waals surface area contributed by atoms with Gasteiger partial charge >= 0.3 is 0 Å². The molecule has 1 aliphatic rings. The third-order valence-electron chi connectivity index (χ3n) is 3.39. The molecule has 1 saturated carbocycles. The number of sulfonamides is 1. The van der Waals surface area contributed by atoms with Crippen LogP contribution in [-0.2, 0) is 10.0 Å². The van der Waals surface area contributed by atoms with Gasteiger partial charge < -0.3 is 10.8 Å². The van der Waals surface area contributed by atoms with E-state index in [1.165, 1.54) is 12.1 Å². The van der Waals surface area contributed by atoms with Crippen LogP contribution in [0.15, 0.2) is 23.1 Å². The number of nitrogens with two attached hydrogens (primary N) is 1. The molecule has 0 radical (unpaired) electrons. The maximum atomic E-state index is 12.2. The van der Waals surface area contributed by atoms with E-state index in [1.807, 2.05) is 0 Å². The first-order chi connectivity index (χ1) is 8.84. The van der Waals surface area contributed by atoms with E-state index in [-0.39, 0.29) is 22.2 Å². The van der Waals surface area contributed by atoms with E-state index in [4.69, 9.17) is 17.3 Å². The summed E-state index contributed by atoms with van der Waals surface area (Å²) in [5.41, 5.74) is 4.80. The van der Waals surface area contributed by atoms with Crippen LogP contribution in [-0.4, -0.2) is 25.7 Å². The minimum atomic E-state index is -3.81. The van der Waals surface area contributed by atoms with E-state index in [1.54, 1.807) is 6.07 Å². The molecule has 1 aliphatic carbocycles. The lowest BCUT2D eigenvalue weighted by Crippen LogP contribution is -2.40. The molecule has 4 N–H and O–H groups in total. The minimum Gasteiger partial charge on any atom is -0.398 e. The molecule has 0 aliphatic heterocycles. The van der Waals surface area contributed by atoms with E-state index in [0.29, 0.717) is 12.8 Å². The summed E-state index contributed by atoms with van der Waals surface area (Å²) in [4.78, 5) is -0.127. The molecule has 0 unspecified atom stereocenters. The van der Waals surface area contributed by atoms with Gasteiger partial charge in [-0.05, 0) is 25.0 Å². The van der Waals surface area contributed by atoms with Crippen molar-refractivity contribution >= 4 is 27.3 Å². The number of benzene rings is 1. The van der Waals surface area contributed by atoms with Gasteiger partial charge in [-0.1, -0.05) is 30.5 Å². The molecule has 0 amide bonds. The van der Waals surface area contributed by atoms with Crippen LogP contribution < -0.4 is 10.5 Å². The summed E-state index contributed by atoms with van der Waals surface area (Å²) in [6, 6.07) is 4.53. The van der Waals surface area contributed by atoms with Crippen LogP contribution in [0.4, 0.5) is 5.69 Å². The summed E-state index contributed by atoms with van der Waals surface area (Å²) < 4.78 is 26.8. The van der Waals surface area contributed by atoms with Crippen molar-refractivity contribution in [3.63, 3.8) is 0 Å². The van der Waals surface area contributed by atoms with E-state index in [0.717, 1.165) is 12.8 Å². The molecule has 0 aromatic heterocycles. The fraction of sp³-hybridized carbons (Fsp3) is 0.500. The molecule has 0 bridgehead atoms. The van der Waals surface area contributed by atoms with Crippen molar-refractivity contribution in [3.05, 3.63) is 23.2 Å². The maximum absolute atomic E-state index is 12.2. The second kappa shape index (κ2) is 5.28. The van der Waals surface area contributed by atoms with Crippen molar-refractivity contribution in [2.75, 3.05) is 12.3 Å². The summed E-state index contributed by atoms with van der Waals surface area (Å²) >= 11 is 5.88. The van der Waals surface area contributed by atoms with Gasteiger partial charge in [-0.2, -0.15) is 0 Å². The zero-order valence-corrected chi connectivity index (χ0v) is 12.0. The van der Waals surface area contributed by atoms with Gasteiger partial charge in [0, 0.05) is 6.54 Å². The largest absolute Gasteiger partial charge is 0.398 e. The van der Waals surface area contributed by atoms with Gasteiger partial charge in [-0.3, -0.25) is 0 Å². The Hall–Kier alpha value is -0.820. The van der Waals surface area contributed by atoms with Crippen molar-refractivity contribution in [3.8, 4) is 0 Å². The third-order valence-corrected chi connectivity index (χ3v) is 5.34. The standard InChI is InChI=1S/C12H17ClN2O3S/c13-9-4-3-5-10(14)11(9)19(17,18)15-8-12(16)6-1-2-7-12/h3-5,15-16H,1-2,6-8,14H2.